The molecular formula is C13H18N2O2S. The number of hydrogen-bond acceptors (Lipinski definition) is 4. The van der Waals surface area contributed by atoms with Crippen LogP contribution >= 0.6 is 0 Å². The molecule has 18 heavy (non-hydrogen) atoms. The Kier molecular flexibility index (Phi) is 5.32. The van der Waals surface area contributed by atoms with Gasteiger partial charge in [0.1, 0.15) is 0 Å². The molecule has 0 aliphatic rings. The quantitative estimate of drug-likeness (QED) is 0.626. The van der Waals surface area contributed by atoms with Crippen molar-refractivity contribution in [3.05, 3.63) is 29.8 Å². The molecule has 0 aliphatic carbocycles. The van der Waals surface area contributed by atoms with Crippen LogP contribution in [0.4, 0.5) is 0 Å². The zero-order valence-corrected chi connectivity index (χ0v) is 11.5. The van der Waals surface area contributed by atoms with Gasteiger partial charge in [-0.3, -0.25) is 0 Å². The summed E-state index contributed by atoms with van der Waals surface area (Å²) in [5.74, 6) is 0. The van der Waals surface area contributed by atoms with Crippen LogP contribution < -0.4 is 5.32 Å². The van der Waals surface area contributed by atoms with Gasteiger partial charge in [-0.2, -0.15) is 5.26 Å². The summed E-state index contributed by atoms with van der Waals surface area (Å²) in [4.78, 5) is 0.367. The SMILES string of the molecule is CC(C)S(=O)(=O)c1ccc(CCNCC#N)cc1. The molecule has 0 unspecified atom stereocenters. The first kappa shape index (κ1) is 14.7. The fourth-order valence-corrected chi connectivity index (χ4v) is 2.55. The highest BCUT2D eigenvalue weighted by atomic mass is 32.2. The lowest BCUT2D eigenvalue weighted by Crippen LogP contribution is -2.17. The molecule has 98 valence electrons. The number of nitrogens with zero attached hydrogens (tertiary/aromatic N) is 1. The summed E-state index contributed by atoms with van der Waals surface area (Å²) in [5.41, 5.74) is 1.06. The molecule has 0 saturated heterocycles. The highest BCUT2D eigenvalue weighted by Crippen LogP contribution is 2.16. The van der Waals surface area contributed by atoms with Gasteiger partial charge in [0.05, 0.1) is 22.8 Å². The van der Waals surface area contributed by atoms with E-state index in [9.17, 15) is 8.42 Å². The maximum Gasteiger partial charge on any atom is 0.180 e. The molecule has 4 nitrogen and oxygen atoms in total. The average molecular weight is 266 g/mol. The Morgan fingerprint density at radius 2 is 1.89 bits per heavy atom. The molecule has 0 heterocycles. The van der Waals surface area contributed by atoms with E-state index in [4.69, 9.17) is 5.26 Å². The highest BCUT2D eigenvalue weighted by molar-refractivity contribution is 7.92. The topological polar surface area (TPSA) is 70.0 Å². The Hall–Kier alpha value is -1.38. The van der Waals surface area contributed by atoms with Gasteiger partial charge in [0.2, 0.25) is 0 Å². The van der Waals surface area contributed by atoms with Gasteiger partial charge in [-0.05, 0) is 38.0 Å². The predicted molar refractivity (Wildman–Crippen MR) is 71.0 cm³/mol. The van der Waals surface area contributed by atoms with Crippen LogP contribution in [-0.2, 0) is 16.3 Å². The first-order valence-corrected chi connectivity index (χ1v) is 7.43. The van der Waals surface area contributed by atoms with Crippen molar-refractivity contribution in [1.82, 2.24) is 5.32 Å². The van der Waals surface area contributed by atoms with E-state index < -0.39 is 15.1 Å². The first-order chi connectivity index (χ1) is 8.48. The highest BCUT2D eigenvalue weighted by Gasteiger charge is 2.18. The minimum Gasteiger partial charge on any atom is -0.304 e. The van der Waals surface area contributed by atoms with Gasteiger partial charge in [-0.25, -0.2) is 8.42 Å². The van der Waals surface area contributed by atoms with Crippen molar-refractivity contribution in [3.8, 4) is 6.07 Å². The van der Waals surface area contributed by atoms with Crippen molar-refractivity contribution in [3.63, 3.8) is 0 Å². The normalized spacial score (nSPS) is 11.4. The number of rotatable bonds is 6. The lowest BCUT2D eigenvalue weighted by Gasteiger charge is -2.08. The molecule has 0 aliphatic heterocycles. The van der Waals surface area contributed by atoms with Crippen molar-refractivity contribution in [1.29, 1.82) is 5.26 Å². The van der Waals surface area contributed by atoms with Crippen LogP contribution in [0.1, 0.15) is 19.4 Å². The van der Waals surface area contributed by atoms with Gasteiger partial charge in [-0.1, -0.05) is 12.1 Å². The Bertz CT molecular complexity index is 513. The predicted octanol–water partition coefficient (Wildman–Crippen LogP) is 1.52. The van der Waals surface area contributed by atoms with E-state index in [1.54, 1.807) is 26.0 Å². The van der Waals surface area contributed by atoms with Crippen LogP contribution in [0.25, 0.3) is 0 Å². The van der Waals surface area contributed by atoms with Crippen LogP contribution in [0.5, 0.6) is 0 Å². The minimum absolute atomic E-state index is 0.333. The Morgan fingerprint density at radius 3 is 2.39 bits per heavy atom. The molecule has 0 bridgehead atoms. The molecule has 0 amide bonds. The average Bonchev–Trinajstić information content (AvgIpc) is 2.35. The third-order valence-electron chi connectivity index (χ3n) is 2.67. The molecule has 0 saturated carbocycles. The molecule has 0 atom stereocenters. The molecule has 5 heteroatoms. The lowest BCUT2D eigenvalue weighted by atomic mass is 10.1. The van der Waals surface area contributed by atoms with E-state index in [1.807, 2.05) is 18.2 Å². The van der Waals surface area contributed by atoms with Crippen LogP contribution in [0, 0.1) is 11.3 Å². The van der Waals surface area contributed by atoms with Crippen LogP contribution in [-0.4, -0.2) is 26.8 Å². The van der Waals surface area contributed by atoms with Gasteiger partial charge in [0.25, 0.3) is 0 Å². The first-order valence-electron chi connectivity index (χ1n) is 5.89. The summed E-state index contributed by atoms with van der Waals surface area (Å²) in [6.45, 7) is 4.40. The summed E-state index contributed by atoms with van der Waals surface area (Å²) in [6, 6.07) is 8.95. The Labute approximate surface area is 109 Å². The minimum atomic E-state index is -3.18. The van der Waals surface area contributed by atoms with E-state index in [2.05, 4.69) is 5.32 Å². The van der Waals surface area contributed by atoms with Gasteiger partial charge < -0.3 is 5.32 Å². The van der Waals surface area contributed by atoms with E-state index in [0.29, 0.717) is 18.0 Å². The summed E-state index contributed by atoms with van der Waals surface area (Å²) in [5, 5.41) is 10.9. The zero-order chi connectivity index (χ0) is 13.6. The van der Waals surface area contributed by atoms with Crippen molar-refractivity contribution >= 4 is 9.84 Å². The Morgan fingerprint density at radius 1 is 1.28 bits per heavy atom. The van der Waals surface area contributed by atoms with Crippen molar-refractivity contribution in [2.24, 2.45) is 0 Å². The molecule has 0 fully saturated rings. The number of benzene rings is 1. The zero-order valence-electron chi connectivity index (χ0n) is 10.7. The number of nitriles is 1. The molecule has 1 rings (SSSR count). The summed E-state index contributed by atoms with van der Waals surface area (Å²) >= 11 is 0. The number of nitrogens with one attached hydrogen (secondary N) is 1. The van der Waals surface area contributed by atoms with E-state index in [0.717, 1.165) is 12.0 Å². The lowest BCUT2D eigenvalue weighted by molar-refractivity contribution is 0.587. The van der Waals surface area contributed by atoms with E-state index >= 15 is 0 Å². The van der Waals surface area contributed by atoms with E-state index in [1.165, 1.54) is 0 Å². The van der Waals surface area contributed by atoms with Crippen molar-refractivity contribution < 1.29 is 8.42 Å². The third kappa shape index (κ3) is 3.83. The maximum atomic E-state index is 11.9. The fourth-order valence-electron chi connectivity index (χ4n) is 1.49. The second-order valence-electron chi connectivity index (χ2n) is 4.32. The molecule has 0 spiro atoms. The standard InChI is InChI=1S/C13H18N2O2S/c1-11(2)18(16,17)13-5-3-12(4-6-13)7-9-15-10-8-14/h3-6,11,15H,7,9-10H2,1-2H3. The van der Waals surface area contributed by atoms with Gasteiger partial charge in [0, 0.05) is 6.54 Å². The summed E-state index contributed by atoms with van der Waals surface area (Å²) in [6.07, 6.45) is 0.781. The van der Waals surface area contributed by atoms with Gasteiger partial charge >= 0.3 is 0 Å². The molecule has 1 aromatic rings. The van der Waals surface area contributed by atoms with Gasteiger partial charge in [-0.15, -0.1) is 0 Å². The van der Waals surface area contributed by atoms with Crippen molar-refractivity contribution in [2.75, 3.05) is 13.1 Å². The Balaban J connectivity index is 2.67. The molecule has 0 radical (unpaired) electrons. The third-order valence-corrected chi connectivity index (χ3v) is 4.84. The number of hydrogen-bond donors (Lipinski definition) is 1. The largest absolute Gasteiger partial charge is 0.304 e. The van der Waals surface area contributed by atoms with Gasteiger partial charge in [0.15, 0.2) is 9.84 Å². The van der Waals surface area contributed by atoms with Crippen molar-refractivity contribution in [2.45, 2.75) is 30.4 Å². The maximum absolute atomic E-state index is 11.9. The van der Waals surface area contributed by atoms with Crippen LogP contribution in [0.2, 0.25) is 0 Å². The van der Waals surface area contributed by atoms with E-state index in [-0.39, 0.29) is 0 Å². The summed E-state index contributed by atoms with van der Waals surface area (Å²) < 4.78 is 23.8. The monoisotopic (exact) mass is 266 g/mol. The van der Waals surface area contributed by atoms with Crippen LogP contribution in [0.15, 0.2) is 29.2 Å². The molecule has 1 N–H and O–H groups in total. The molecule has 0 aromatic heterocycles. The smallest absolute Gasteiger partial charge is 0.180 e. The number of sulfone groups is 1. The second-order valence-corrected chi connectivity index (χ2v) is 6.83. The second kappa shape index (κ2) is 6.53. The molecule has 1 aromatic carbocycles. The fraction of sp³-hybridized carbons (Fsp3) is 0.462. The molecular weight excluding hydrogens is 248 g/mol. The van der Waals surface area contributed by atoms with Crippen LogP contribution in [0.3, 0.4) is 0 Å². The summed E-state index contributed by atoms with van der Waals surface area (Å²) in [7, 11) is -3.18.